The number of rotatable bonds is 5. The first-order valence-corrected chi connectivity index (χ1v) is 8.50. The average Bonchev–Trinajstić information content (AvgIpc) is 2.99. The van der Waals surface area contributed by atoms with Crippen LogP contribution in [-0.2, 0) is 4.74 Å². The van der Waals surface area contributed by atoms with E-state index in [2.05, 4.69) is 0 Å². The van der Waals surface area contributed by atoms with Crippen molar-refractivity contribution in [2.24, 2.45) is 11.8 Å². The molecular weight excluding hydrogens is 336 g/mol. The molecule has 0 aromatic heterocycles. The van der Waals surface area contributed by atoms with E-state index in [1.807, 2.05) is 6.92 Å². The molecule has 4 atom stereocenters. The molecule has 1 aliphatic heterocycles. The Morgan fingerprint density at radius 3 is 1.85 bits per heavy atom. The van der Waals surface area contributed by atoms with Gasteiger partial charge in [0.25, 0.3) is 0 Å². The van der Waals surface area contributed by atoms with Gasteiger partial charge >= 0.3 is 0 Å². The number of hydrogen-bond donors (Lipinski definition) is 3. The Morgan fingerprint density at radius 1 is 0.885 bits per heavy atom. The van der Waals surface area contributed by atoms with Gasteiger partial charge in [-0.2, -0.15) is 0 Å². The monoisotopic (exact) mass is 360 g/mol. The Hall–Kier alpha value is -2.44. The number of phenols is 2. The van der Waals surface area contributed by atoms with Gasteiger partial charge in [-0.3, -0.25) is 0 Å². The highest BCUT2D eigenvalue weighted by Crippen LogP contribution is 2.50. The normalized spacial score (nSPS) is 25.2. The third-order valence-electron chi connectivity index (χ3n) is 5.11. The van der Waals surface area contributed by atoms with Gasteiger partial charge in [0.1, 0.15) is 0 Å². The highest BCUT2D eigenvalue weighted by molar-refractivity contribution is 5.44. The fraction of sp³-hybridized carbons (Fsp3) is 0.400. The standard InChI is InChI=1S/C20H24O6/c1-11-14(10-21)20(13-5-7-16(23)18(9-13)25-3)26-19(11)12-4-6-15(22)17(8-12)24-2/h4-9,11,14,19-23H,10H2,1-3H3/t11-,14-,19+,20+/m1/s1. The van der Waals surface area contributed by atoms with E-state index in [4.69, 9.17) is 14.2 Å². The van der Waals surface area contributed by atoms with E-state index in [1.54, 1.807) is 36.4 Å². The summed E-state index contributed by atoms with van der Waals surface area (Å²) in [7, 11) is 2.99. The Balaban J connectivity index is 1.94. The van der Waals surface area contributed by atoms with Crippen molar-refractivity contribution in [3.63, 3.8) is 0 Å². The van der Waals surface area contributed by atoms with E-state index in [-0.39, 0.29) is 42.1 Å². The summed E-state index contributed by atoms with van der Waals surface area (Å²) in [6.07, 6.45) is -0.597. The highest BCUT2D eigenvalue weighted by Gasteiger charge is 2.43. The van der Waals surface area contributed by atoms with Crippen molar-refractivity contribution in [3.05, 3.63) is 47.5 Å². The van der Waals surface area contributed by atoms with Crippen LogP contribution in [0.3, 0.4) is 0 Å². The van der Waals surface area contributed by atoms with E-state index < -0.39 is 0 Å². The summed E-state index contributed by atoms with van der Waals surface area (Å²) in [5, 5.41) is 29.6. The molecule has 1 heterocycles. The van der Waals surface area contributed by atoms with Crippen LogP contribution in [0, 0.1) is 11.8 Å². The van der Waals surface area contributed by atoms with Gasteiger partial charge in [0.15, 0.2) is 23.0 Å². The lowest BCUT2D eigenvalue weighted by atomic mass is 9.84. The van der Waals surface area contributed by atoms with Crippen molar-refractivity contribution >= 4 is 0 Å². The summed E-state index contributed by atoms with van der Waals surface area (Å²) in [6.45, 7) is 2.00. The van der Waals surface area contributed by atoms with Crippen molar-refractivity contribution < 1.29 is 29.5 Å². The molecule has 0 saturated carbocycles. The zero-order valence-electron chi connectivity index (χ0n) is 15.0. The van der Waals surface area contributed by atoms with Crippen LogP contribution in [0.5, 0.6) is 23.0 Å². The van der Waals surface area contributed by atoms with Crippen LogP contribution in [-0.4, -0.2) is 36.1 Å². The molecule has 6 heteroatoms. The van der Waals surface area contributed by atoms with Crippen LogP contribution in [0.25, 0.3) is 0 Å². The first-order chi connectivity index (χ1) is 12.5. The lowest BCUT2D eigenvalue weighted by Gasteiger charge is -2.19. The lowest BCUT2D eigenvalue weighted by Crippen LogP contribution is -2.17. The Bertz CT molecular complexity index is 775. The van der Waals surface area contributed by atoms with Crippen LogP contribution in [0.4, 0.5) is 0 Å². The number of hydrogen-bond acceptors (Lipinski definition) is 6. The number of methoxy groups -OCH3 is 2. The maximum atomic E-state index is 9.93. The van der Waals surface area contributed by atoms with Gasteiger partial charge in [-0.15, -0.1) is 0 Å². The first kappa shape index (κ1) is 18.4. The molecule has 26 heavy (non-hydrogen) atoms. The van der Waals surface area contributed by atoms with E-state index in [1.165, 1.54) is 14.2 Å². The molecule has 3 N–H and O–H groups in total. The van der Waals surface area contributed by atoms with Crippen molar-refractivity contribution in [1.82, 2.24) is 0 Å². The molecule has 0 unspecified atom stereocenters. The number of phenolic OH excluding ortho intramolecular Hbond substituents is 2. The summed E-state index contributed by atoms with van der Waals surface area (Å²) in [6, 6.07) is 10.2. The molecule has 3 rings (SSSR count). The van der Waals surface area contributed by atoms with Gasteiger partial charge in [-0.1, -0.05) is 19.1 Å². The fourth-order valence-electron chi connectivity index (χ4n) is 3.60. The van der Waals surface area contributed by atoms with Crippen molar-refractivity contribution in [3.8, 4) is 23.0 Å². The van der Waals surface area contributed by atoms with Crippen LogP contribution in [0.1, 0.15) is 30.3 Å². The minimum atomic E-state index is -0.339. The van der Waals surface area contributed by atoms with Gasteiger partial charge in [-0.05, 0) is 41.3 Å². The molecule has 2 aromatic carbocycles. The molecule has 0 bridgehead atoms. The molecule has 0 radical (unpaired) electrons. The summed E-state index contributed by atoms with van der Waals surface area (Å²) in [5.74, 6) is 0.801. The Kier molecular flexibility index (Phi) is 5.25. The molecule has 2 aromatic rings. The molecule has 1 aliphatic rings. The fourth-order valence-corrected chi connectivity index (χ4v) is 3.60. The number of benzene rings is 2. The van der Waals surface area contributed by atoms with E-state index in [9.17, 15) is 15.3 Å². The predicted octanol–water partition coefficient (Wildman–Crippen LogP) is 3.17. The molecule has 0 amide bonds. The number of aromatic hydroxyl groups is 2. The van der Waals surface area contributed by atoms with E-state index in [0.29, 0.717) is 11.5 Å². The maximum absolute atomic E-state index is 9.93. The van der Waals surface area contributed by atoms with Gasteiger partial charge in [0.2, 0.25) is 0 Å². The molecule has 140 valence electrons. The van der Waals surface area contributed by atoms with Gasteiger partial charge in [0.05, 0.1) is 26.4 Å². The Labute approximate surface area is 152 Å². The second kappa shape index (κ2) is 7.43. The molecular formula is C20H24O6. The first-order valence-electron chi connectivity index (χ1n) is 8.50. The van der Waals surface area contributed by atoms with E-state index >= 15 is 0 Å². The largest absolute Gasteiger partial charge is 0.504 e. The second-order valence-electron chi connectivity index (χ2n) is 6.55. The third kappa shape index (κ3) is 3.18. The van der Waals surface area contributed by atoms with Crippen molar-refractivity contribution in [1.29, 1.82) is 0 Å². The zero-order chi connectivity index (χ0) is 18.8. The average molecular weight is 360 g/mol. The van der Waals surface area contributed by atoms with Crippen LogP contribution in [0.2, 0.25) is 0 Å². The molecule has 6 nitrogen and oxygen atoms in total. The summed E-state index contributed by atoms with van der Waals surface area (Å²) in [4.78, 5) is 0. The van der Waals surface area contributed by atoms with Gasteiger partial charge < -0.3 is 29.5 Å². The second-order valence-corrected chi connectivity index (χ2v) is 6.55. The molecule has 0 aliphatic carbocycles. The SMILES string of the molecule is COc1cc([C@H]2O[C@@H](c3ccc(O)c(OC)c3)[C@H](CO)[C@H]2C)ccc1O. The van der Waals surface area contributed by atoms with Crippen LogP contribution < -0.4 is 9.47 Å². The number of aliphatic hydroxyl groups is 1. The summed E-state index contributed by atoms with van der Waals surface area (Å²) in [5.41, 5.74) is 1.71. The quantitative estimate of drug-likeness (QED) is 0.759. The summed E-state index contributed by atoms with van der Waals surface area (Å²) >= 11 is 0. The van der Waals surface area contributed by atoms with Gasteiger partial charge in [-0.25, -0.2) is 0 Å². The third-order valence-corrected chi connectivity index (χ3v) is 5.11. The number of aliphatic hydroxyl groups excluding tert-OH is 1. The minimum Gasteiger partial charge on any atom is -0.504 e. The van der Waals surface area contributed by atoms with Crippen molar-refractivity contribution in [2.75, 3.05) is 20.8 Å². The highest BCUT2D eigenvalue weighted by atomic mass is 16.5. The topological polar surface area (TPSA) is 88.4 Å². The maximum Gasteiger partial charge on any atom is 0.160 e. The smallest absolute Gasteiger partial charge is 0.160 e. The summed E-state index contributed by atoms with van der Waals surface area (Å²) < 4.78 is 16.7. The van der Waals surface area contributed by atoms with E-state index in [0.717, 1.165) is 11.1 Å². The lowest BCUT2D eigenvalue weighted by molar-refractivity contribution is 0.0220. The predicted molar refractivity (Wildman–Crippen MR) is 95.6 cm³/mol. The Morgan fingerprint density at radius 2 is 1.38 bits per heavy atom. The van der Waals surface area contributed by atoms with Crippen LogP contribution in [0.15, 0.2) is 36.4 Å². The molecule has 0 spiro atoms. The van der Waals surface area contributed by atoms with Gasteiger partial charge in [0, 0.05) is 12.5 Å². The zero-order valence-corrected chi connectivity index (χ0v) is 15.0. The number of ether oxygens (including phenoxy) is 3. The molecule has 1 fully saturated rings. The van der Waals surface area contributed by atoms with Crippen LogP contribution >= 0.6 is 0 Å². The van der Waals surface area contributed by atoms with Crippen molar-refractivity contribution in [2.45, 2.75) is 19.1 Å². The molecule has 1 saturated heterocycles. The minimum absolute atomic E-state index is 0.0270.